The summed E-state index contributed by atoms with van der Waals surface area (Å²) in [5.41, 5.74) is 3.66. The standard InChI is InChI=1S/C27H42N4O2/c1-3-31(4-2)30-29-26-18-16-25(17-19-26)12-8-6-5-7-9-15-27(32)28-21-23-33-22-20-24-13-10-11-14-24/h10-11,13,16-19H,3-9,12,14-15,20-23H2,1-2H3,(H,28,32)/b30-29+. The number of allylic oxidation sites excluding steroid dienone is 3. The second-order valence-electron chi connectivity index (χ2n) is 8.43. The molecule has 0 saturated heterocycles. The van der Waals surface area contributed by atoms with Gasteiger partial charge in [0.2, 0.25) is 5.91 Å². The minimum absolute atomic E-state index is 0.138. The van der Waals surface area contributed by atoms with Crippen LogP contribution >= 0.6 is 0 Å². The molecule has 182 valence electrons. The van der Waals surface area contributed by atoms with Crippen molar-refractivity contribution in [1.29, 1.82) is 0 Å². The molecule has 1 amide bonds. The van der Waals surface area contributed by atoms with Gasteiger partial charge in [0.1, 0.15) is 0 Å². The summed E-state index contributed by atoms with van der Waals surface area (Å²) >= 11 is 0. The molecule has 0 radical (unpaired) electrons. The van der Waals surface area contributed by atoms with Crippen LogP contribution in [0, 0.1) is 0 Å². The third kappa shape index (κ3) is 12.4. The van der Waals surface area contributed by atoms with E-state index in [2.05, 4.69) is 59.9 Å². The van der Waals surface area contributed by atoms with E-state index in [4.69, 9.17) is 4.74 Å². The molecule has 2 rings (SSSR count). The number of ether oxygens (including phenoxy) is 1. The van der Waals surface area contributed by atoms with Crippen molar-refractivity contribution in [3.63, 3.8) is 0 Å². The van der Waals surface area contributed by atoms with E-state index >= 15 is 0 Å². The molecule has 0 aliphatic heterocycles. The molecule has 0 saturated carbocycles. The zero-order valence-electron chi connectivity index (χ0n) is 20.6. The molecule has 6 nitrogen and oxygen atoms in total. The Hall–Kier alpha value is -2.47. The number of unbranched alkanes of at least 4 members (excludes halogenated alkanes) is 4. The molecule has 0 heterocycles. The van der Waals surface area contributed by atoms with Gasteiger partial charge < -0.3 is 10.1 Å². The zero-order chi connectivity index (χ0) is 23.6. The van der Waals surface area contributed by atoms with Gasteiger partial charge in [-0.25, -0.2) is 0 Å². The SMILES string of the molecule is CCN(CC)/N=N/c1ccc(CCCCCCCC(=O)NCCOCCC2=CC=CC2)cc1. The van der Waals surface area contributed by atoms with Crippen LogP contribution in [0.1, 0.15) is 70.8 Å². The van der Waals surface area contributed by atoms with Crippen molar-refractivity contribution >= 4 is 11.6 Å². The number of carbonyl (C=O) groups is 1. The predicted molar refractivity (Wildman–Crippen MR) is 136 cm³/mol. The molecule has 0 spiro atoms. The molecular formula is C27H42N4O2. The first kappa shape index (κ1) is 26.8. The third-order valence-electron chi connectivity index (χ3n) is 5.81. The predicted octanol–water partition coefficient (Wildman–Crippen LogP) is 6.32. The van der Waals surface area contributed by atoms with Gasteiger partial charge in [0.25, 0.3) is 0 Å². The number of amides is 1. The molecular weight excluding hydrogens is 412 g/mol. The lowest BCUT2D eigenvalue weighted by atomic mass is 10.0. The fraction of sp³-hybridized carbons (Fsp3) is 0.593. The maximum absolute atomic E-state index is 11.9. The Morgan fingerprint density at radius 2 is 1.76 bits per heavy atom. The highest BCUT2D eigenvalue weighted by Gasteiger charge is 2.02. The van der Waals surface area contributed by atoms with Crippen LogP contribution in [0.4, 0.5) is 5.69 Å². The number of aryl methyl sites for hydroxylation is 1. The Kier molecular flexibility index (Phi) is 13.8. The molecule has 1 N–H and O–H groups in total. The summed E-state index contributed by atoms with van der Waals surface area (Å²) in [6, 6.07) is 8.37. The molecule has 1 aromatic carbocycles. The van der Waals surface area contributed by atoms with Crippen LogP contribution in [0.25, 0.3) is 0 Å². The molecule has 0 atom stereocenters. The van der Waals surface area contributed by atoms with Gasteiger partial charge in [-0.2, -0.15) is 0 Å². The molecule has 1 aliphatic carbocycles. The fourth-order valence-electron chi connectivity index (χ4n) is 3.67. The number of hydrogen-bond acceptors (Lipinski definition) is 4. The van der Waals surface area contributed by atoms with Crippen LogP contribution in [-0.2, 0) is 16.0 Å². The number of carbonyl (C=O) groups excluding carboxylic acids is 1. The van der Waals surface area contributed by atoms with Crippen molar-refractivity contribution in [2.24, 2.45) is 10.3 Å². The van der Waals surface area contributed by atoms with Crippen LogP contribution in [0.15, 0.2) is 58.4 Å². The Balaban J connectivity index is 1.41. The first-order valence-corrected chi connectivity index (χ1v) is 12.7. The molecule has 1 aromatic rings. The number of nitrogens with one attached hydrogen (secondary N) is 1. The Labute approximate surface area is 200 Å². The molecule has 33 heavy (non-hydrogen) atoms. The van der Waals surface area contributed by atoms with Crippen molar-refractivity contribution < 1.29 is 9.53 Å². The molecule has 6 heteroatoms. The second-order valence-corrected chi connectivity index (χ2v) is 8.43. The molecule has 0 unspecified atom stereocenters. The summed E-state index contributed by atoms with van der Waals surface area (Å²) in [5, 5.41) is 13.4. The molecule has 1 aliphatic rings. The van der Waals surface area contributed by atoms with E-state index in [1.165, 1.54) is 30.4 Å². The monoisotopic (exact) mass is 454 g/mol. The highest BCUT2D eigenvalue weighted by molar-refractivity contribution is 5.75. The lowest BCUT2D eigenvalue weighted by Crippen LogP contribution is -2.27. The Morgan fingerprint density at radius 1 is 1.00 bits per heavy atom. The summed E-state index contributed by atoms with van der Waals surface area (Å²) in [6.45, 7) is 7.82. The number of hydrogen-bond donors (Lipinski definition) is 1. The average molecular weight is 455 g/mol. The van der Waals surface area contributed by atoms with Crippen LogP contribution in [0.2, 0.25) is 0 Å². The van der Waals surface area contributed by atoms with Crippen molar-refractivity contribution in [2.75, 3.05) is 32.8 Å². The minimum atomic E-state index is 0.138. The van der Waals surface area contributed by atoms with Crippen LogP contribution in [-0.4, -0.2) is 43.8 Å². The largest absolute Gasteiger partial charge is 0.379 e. The van der Waals surface area contributed by atoms with Crippen LogP contribution in [0.3, 0.4) is 0 Å². The van der Waals surface area contributed by atoms with Gasteiger partial charge >= 0.3 is 0 Å². The topological polar surface area (TPSA) is 66.3 Å². The van der Waals surface area contributed by atoms with Gasteiger partial charge in [-0.05, 0) is 63.6 Å². The van der Waals surface area contributed by atoms with Crippen molar-refractivity contribution in [2.45, 2.75) is 71.6 Å². The summed E-state index contributed by atoms with van der Waals surface area (Å²) in [4.78, 5) is 11.9. The van der Waals surface area contributed by atoms with Gasteiger partial charge in [-0.15, -0.1) is 5.11 Å². The minimum Gasteiger partial charge on any atom is -0.379 e. The van der Waals surface area contributed by atoms with Gasteiger partial charge in [-0.3, -0.25) is 9.80 Å². The zero-order valence-corrected chi connectivity index (χ0v) is 20.6. The first-order chi connectivity index (χ1) is 16.2. The van der Waals surface area contributed by atoms with Crippen molar-refractivity contribution in [1.82, 2.24) is 10.3 Å². The van der Waals surface area contributed by atoms with Crippen LogP contribution < -0.4 is 5.32 Å². The van der Waals surface area contributed by atoms with Crippen molar-refractivity contribution in [3.05, 3.63) is 53.6 Å². The maximum atomic E-state index is 11.9. The number of nitrogens with zero attached hydrogens (tertiary/aromatic N) is 3. The van der Waals surface area contributed by atoms with E-state index in [-0.39, 0.29) is 5.91 Å². The first-order valence-electron chi connectivity index (χ1n) is 12.7. The van der Waals surface area contributed by atoms with E-state index in [0.29, 0.717) is 19.6 Å². The number of benzene rings is 1. The normalized spacial score (nSPS) is 13.0. The average Bonchev–Trinajstić information content (AvgIpc) is 3.36. The van der Waals surface area contributed by atoms with Gasteiger partial charge in [0.05, 0.1) is 18.9 Å². The van der Waals surface area contributed by atoms with Crippen LogP contribution in [0.5, 0.6) is 0 Å². The second kappa shape index (κ2) is 17.1. The lowest BCUT2D eigenvalue weighted by molar-refractivity contribution is -0.121. The summed E-state index contributed by atoms with van der Waals surface area (Å²) < 4.78 is 5.59. The molecule has 0 bridgehead atoms. The number of rotatable bonds is 18. The summed E-state index contributed by atoms with van der Waals surface area (Å²) in [5.74, 6) is 0.138. The smallest absolute Gasteiger partial charge is 0.220 e. The summed E-state index contributed by atoms with van der Waals surface area (Å²) in [6.07, 6.45) is 15.8. The Morgan fingerprint density at radius 3 is 2.48 bits per heavy atom. The van der Waals surface area contributed by atoms with E-state index in [1.807, 2.05) is 17.1 Å². The maximum Gasteiger partial charge on any atom is 0.220 e. The van der Waals surface area contributed by atoms with Gasteiger partial charge in [-0.1, -0.05) is 60.4 Å². The highest BCUT2D eigenvalue weighted by atomic mass is 16.5. The molecule has 0 aromatic heterocycles. The Bertz CT molecular complexity index is 752. The van der Waals surface area contributed by atoms with E-state index in [9.17, 15) is 4.79 Å². The van der Waals surface area contributed by atoms with E-state index in [0.717, 1.165) is 57.5 Å². The molecule has 0 fully saturated rings. The summed E-state index contributed by atoms with van der Waals surface area (Å²) in [7, 11) is 0. The fourth-order valence-corrected chi connectivity index (χ4v) is 3.67. The van der Waals surface area contributed by atoms with Crippen molar-refractivity contribution in [3.8, 4) is 0 Å². The van der Waals surface area contributed by atoms with Gasteiger partial charge in [0, 0.05) is 26.1 Å². The lowest BCUT2D eigenvalue weighted by Gasteiger charge is -2.11. The van der Waals surface area contributed by atoms with E-state index in [1.54, 1.807) is 0 Å². The van der Waals surface area contributed by atoms with E-state index < -0.39 is 0 Å². The van der Waals surface area contributed by atoms with Gasteiger partial charge in [0.15, 0.2) is 0 Å². The highest BCUT2D eigenvalue weighted by Crippen LogP contribution is 2.16. The third-order valence-corrected chi connectivity index (χ3v) is 5.81. The quantitative estimate of drug-likeness (QED) is 0.160.